The van der Waals surface area contributed by atoms with E-state index in [0.717, 1.165) is 28.6 Å². The fourth-order valence-electron chi connectivity index (χ4n) is 2.19. The maximum Gasteiger partial charge on any atom is 0.200 e. The van der Waals surface area contributed by atoms with Crippen molar-refractivity contribution in [1.82, 2.24) is 9.97 Å². The van der Waals surface area contributed by atoms with Crippen LogP contribution in [0.4, 0.5) is 5.95 Å². The number of aryl methyl sites for hydroxylation is 1. The SMILES string of the molecule is CNc1nc(-c2ccc(OC)c(C(C)C)c2)c(C)[nH]1. The first kappa shape index (κ1) is 13.5. The highest BCUT2D eigenvalue weighted by molar-refractivity contribution is 5.66. The molecule has 1 aromatic heterocycles. The van der Waals surface area contributed by atoms with Crippen molar-refractivity contribution in [3.05, 3.63) is 29.5 Å². The molecule has 2 N–H and O–H groups in total. The van der Waals surface area contributed by atoms with Gasteiger partial charge in [0.2, 0.25) is 5.95 Å². The number of imidazole rings is 1. The second-order valence-corrected chi connectivity index (χ2v) is 4.92. The lowest BCUT2D eigenvalue weighted by Gasteiger charge is -2.13. The zero-order valence-corrected chi connectivity index (χ0v) is 12.2. The summed E-state index contributed by atoms with van der Waals surface area (Å²) in [7, 11) is 3.56. The Bertz CT molecular complexity index is 573. The third-order valence-corrected chi connectivity index (χ3v) is 3.25. The van der Waals surface area contributed by atoms with E-state index in [1.807, 2.05) is 26.1 Å². The molecule has 0 aliphatic carbocycles. The van der Waals surface area contributed by atoms with Gasteiger partial charge in [-0.25, -0.2) is 4.98 Å². The van der Waals surface area contributed by atoms with Gasteiger partial charge in [0, 0.05) is 18.3 Å². The molecule has 0 unspecified atom stereocenters. The normalized spacial score (nSPS) is 10.8. The van der Waals surface area contributed by atoms with Crippen LogP contribution in [0, 0.1) is 6.92 Å². The van der Waals surface area contributed by atoms with E-state index in [2.05, 4.69) is 35.2 Å². The summed E-state index contributed by atoms with van der Waals surface area (Å²) in [6.45, 7) is 6.36. The minimum Gasteiger partial charge on any atom is -0.496 e. The molecule has 0 atom stereocenters. The molecule has 0 amide bonds. The van der Waals surface area contributed by atoms with E-state index < -0.39 is 0 Å². The van der Waals surface area contributed by atoms with E-state index in [-0.39, 0.29) is 0 Å². The van der Waals surface area contributed by atoms with E-state index in [4.69, 9.17) is 4.74 Å². The molecule has 0 fully saturated rings. The molecule has 0 bridgehead atoms. The van der Waals surface area contributed by atoms with Crippen LogP contribution in [0.3, 0.4) is 0 Å². The van der Waals surface area contributed by atoms with Gasteiger partial charge in [0.25, 0.3) is 0 Å². The molecular weight excluding hydrogens is 238 g/mol. The van der Waals surface area contributed by atoms with Gasteiger partial charge in [0.1, 0.15) is 5.75 Å². The minimum absolute atomic E-state index is 0.415. The van der Waals surface area contributed by atoms with Crippen molar-refractivity contribution in [3.63, 3.8) is 0 Å². The van der Waals surface area contributed by atoms with Crippen LogP contribution >= 0.6 is 0 Å². The van der Waals surface area contributed by atoms with Crippen LogP contribution in [0.15, 0.2) is 18.2 Å². The molecular formula is C15H21N3O. The third kappa shape index (κ3) is 2.57. The van der Waals surface area contributed by atoms with Crippen molar-refractivity contribution in [2.24, 2.45) is 0 Å². The number of benzene rings is 1. The Morgan fingerprint density at radius 1 is 1.32 bits per heavy atom. The predicted octanol–water partition coefficient (Wildman–Crippen LogP) is 3.56. The number of hydrogen-bond acceptors (Lipinski definition) is 3. The Labute approximate surface area is 114 Å². The van der Waals surface area contributed by atoms with Crippen molar-refractivity contribution in [2.45, 2.75) is 26.7 Å². The zero-order chi connectivity index (χ0) is 14.0. The van der Waals surface area contributed by atoms with Crippen molar-refractivity contribution >= 4 is 5.95 Å². The summed E-state index contributed by atoms with van der Waals surface area (Å²) in [4.78, 5) is 7.76. The number of nitrogens with zero attached hydrogens (tertiary/aromatic N) is 1. The maximum atomic E-state index is 5.41. The predicted molar refractivity (Wildman–Crippen MR) is 78.9 cm³/mol. The van der Waals surface area contributed by atoms with Gasteiger partial charge in [0.05, 0.1) is 12.8 Å². The number of rotatable bonds is 4. The van der Waals surface area contributed by atoms with Crippen molar-refractivity contribution in [1.29, 1.82) is 0 Å². The van der Waals surface area contributed by atoms with Crippen LogP contribution in [0.2, 0.25) is 0 Å². The second-order valence-electron chi connectivity index (χ2n) is 4.92. The van der Waals surface area contributed by atoms with Crippen LogP contribution in [0.5, 0.6) is 5.75 Å². The van der Waals surface area contributed by atoms with E-state index in [1.54, 1.807) is 7.11 Å². The lowest BCUT2D eigenvalue weighted by molar-refractivity contribution is 0.407. The van der Waals surface area contributed by atoms with Gasteiger partial charge < -0.3 is 15.0 Å². The first-order valence-corrected chi connectivity index (χ1v) is 6.49. The molecule has 2 aromatic rings. The Balaban J connectivity index is 2.50. The van der Waals surface area contributed by atoms with E-state index in [1.165, 1.54) is 5.56 Å². The largest absolute Gasteiger partial charge is 0.496 e. The number of hydrogen-bond donors (Lipinski definition) is 2. The van der Waals surface area contributed by atoms with Crippen LogP contribution in [0.25, 0.3) is 11.3 Å². The average molecular weight is 259 g/mol. The number of aromatic amines is 1. The molecule has 19 heavy (non-hydrogen) atoms. The number of ether oxygens (including phenoxy) is 1. The average Bonchev–Trinajstić information content (AvgIpc) is 2.79. The summed E-state index contributed by atoms with van der Waals surface area (Å²) >= 11 is 0. The molecule has 0 saturated carbocycles. The lowest BCUT2D eigenvalue weighted by atomic mass is 9.98. The van der Waals surface area contributed by atoms with Gasteiger partial charge in [-0.05, 0) is 36.6 Å². The van der Waals surface area contributed by atoms with Crippen LogP contribution in [-0.2, 0) is 0 Å². The van der Waals surface area contributed by atoms with Crippen LogP contribution < -0.4 is 10.1 Å². The lowest BCUT2D eigenvalue weighted by Crippen LogP contribution is -1.95. The Morgan fingerprint density at radius 3 is 2.58 bits per heavy atom. The van der Waals surface area contributed by atoms with Crippen molar-refractivity contribution in [3.8, 4) is 17.0 Å². The second kappa shape index (κ2) is 5.34. The Hall–Kier alpha value is -1.97. The first-order valence-electron chi connectivity index (χ1n) is 6.49. The highest BCUT2D eigenvalue weighted by atomic mass is 16.5. The number of aromatic nitrogens is 2. The highest BCUT2D eigenvalue weighted by Gasteiger charge is 2.13. The third-order valence-electron chi connectivity index (χ3n) is 3.25. The van der Waals surface area contributed by atoms with E-state index >= 15 is 0 Å². The molecule has 102 valence electrons. The summed E-state index contributed by atoms with van der Waals surface area (Å²) in [5.41, 5.74) is 4.35. The molecule has 0 saturated heterocycles. The quantitative estimate of drug-likeness (QED) is 0.882. The molecule has 2 rings (SSSR count). The van der Waals surface area contributed by atoms with Gasteiger partial charge in [-0.15, -0.1) is 0 Å². The van der Waals surface area contributed by atoms with Crippen molar-refractivity contribution in [2.75, 3.05) is 19.5 Å². The van der Waals surface area contributed by atoms with E-state index in [9.17, 15) is 0 Å². The molecule has 1 heterocycles. The van der Waals surface area contributed by atoms with Gasteiger partial charge in [-0.2, -0.15) is 0 Å². The van der Waals surface area contributed by atoms with Gasteiger partial charge >= 0.3 is 0 Å². The summed E-state index contributed by atoms with van der Waals surface area (Å²) < 4.78 is 5.41. The fourth-order valence-corrected chi connectivity index (χ4v) is 2.19. The monoisotopic (exact) mass is 259 g/mol. The number of H-pyrrole nitrogens is 1. The summed E-state index contributed by atoms with van der Waals surface area (Å²) in [6, 6.07) is 6.22. The Morgan fingerprint density at radius 2 is 2.05 bits per heavy atom. The fraction of sp³-hybridized carbons (Fsp3) is 0.400. The van der Waals surface area contributed by atoms with Crippen LogP contribution in [0.1, 0.15) is 31.0 Å². The molecule has 0 radical (unpaired) electrons. The maximum absolute atomic E-state index is 5.41. The minimum atomic E-state index is 0.415. The first-order chi connectivity index (χ1) is 9.06. The van der Waals surface area contributed by atoms with Gasteiger partial charge in [-0.1, -0.05) is 13.8 Å². The number of methoxy groups -OCH3 is 1. The summed E-state index contributed by atoms with van der Waals surface area (Å²) in [5, 5.41) is 3.03. The smallest absolute Gasteiger partial charge is 0.200 e. The van der Waals surface area contributed by atoms with E-state index in [0.29, 0.717) is 5.92 Å². The van der Waals surface area contributed by atoms with Gasteiger partial charge in [0.15, 0.2) is 0 Å². The zero-order valence-electron chi connectivity index (χ0n) is 12.2. The summed E-state index contributed by atoms with van der Waals surface area (Å²) in [5.74, 6) is 2.13. The van der Waals surface area contributed by atoms with Crippen molar-refractivity contribution < 1.29 is 4.74 Å². The molecule has 4 nitrogen and oxygen atoms in total. The highest BCUT2D eigenvalue weighted by Crippen LogP contribution is 2.32. The van der Waals surface area contributed by atoms with Gasteiger partial charge in [-0.3, -0.25) is 0 Å². The number of anilines is 1. The molecule has 0 aliphatic rings. The molecule has 0 aliphatic heterocycles. The Kier molecular flexibility index (Phi) is 3.79. The summed E-state index contributed by atoms with van der Waals surface area (Å²) in [6.07, 6.45) is 0. The standard InChI is InChI=1S/C15H21N3O/c1-9(2)12-8-11(6-7-13(12)19-5)14-10(3)17-15(16-4)18-14/h6-9H,1-5H3,(H2,16,17,18). The number of nitrogens with one attached hydrogen (secondary N) is 2. The molecule has 1 aromatic carbocycles. The molecule has 4 heteroatoms. The molecule has 0 spiro atoms. The topological polar surface area (TPSA) is 49.9 Å². The van der Waals surface area contributed by atoms with Crippen LogP contribution in [-0.4, -0.2) is 24.1 Å².